The molecule has 236 valence electrons. The summed E-state index contributed by atoms with van der Waals surface area (Å²) in [4.78, 5) is 18.8. The molecular formula is C36H34IN3O6. The van der Waals surface area contributed by atoms with E-state index in [0.29, 0.717) is 47.2 Å². The summed E-state index contributed by atoms with van der Waals surface area (Å²) in [7, 11) is 1.59. The molecule has 0 bridgehead atoms. The first kappa shape index (κ1) is 31.4. The Morgan fingerprint density at radius 3 is 2.61 bits per heavy atom. The quantitative estimate of drug-likeness (QED) is 0.107. The zero-order valence-electron chi connectivity index (χ0n) is 26.3. The molecule has 4 aromatic carbocycles. The molecule has 0 saturated heterocycles. The van der Waals surface area contributed by atoms with Crippen molar-refractivity contribution in [2.75, 3.05) is 20.5 Å². The van der Waals surface area contributed by atoms with Crippen LogP contribution in [0.1, 0.15) is 48.9 Å². The molecule has 0 saturated carbocycles. The van der Waals surface area contributed by atoms with Crippen LogP contribution < -0.4 is 29.2 Å². The molecular weight excluding hydrogens is 697 g/mol. The maximum Gasteiger partial charge on any atom is 0.282 e. The van der Waals surface area contributed by atoms with Crippen LogP contribution in [0.4, 0.5) is 0 Å². The summed E-state index contributed by atoms with van der Waals surface area (Å²) in [5, 5.41) is 5.19. The van der Waals surface area contributed by atoms with Gasteiger partial charge in [-0.25, -0.2) is 4.98 Å². The predicted octanol–water partition coefficient (Wildman–Crippen LogP) is 7.70. The van der Waals surface area contributed by atoms with Crippen LogP contribution in [0.2, 0.25) is 0 Å². The number of ether oxygens (including phenoxy) is 5. The van der Waals surface area contributed by atoms with Crippen molar-refractivity contribution in [1.29, 1.82) is 0 Å². The van der Waals surface area contributed by atoms with Gasteiger partial charge in [0.15, 0.2) is 28.8 Å². The summed E-state index contributed by atoms with van der Waals surface area (Å²) >= 11 is 2.22. The highest BCUT2D eigenvalue weighted by atomic mass is 127. The number of hydrogen-bond acceptors (Lipinski definition) is 8. The predicted molar refractivity (Wildman–Crippen MR) is 187 cm³/mol. The minimum absolute atomic E-state index is 0.199. The first-order valence-electron chi connectivity index (χ1n) is 15.0. The van der Waals surface area contributed by atoms with Crippen molar-refractivity contribution >= 4 is 39.7 Å². The van der Waals surface area contributed by atoms with Crippen LogP contribution in [-0.2, 0) is 6.61 Å². The Morgan fingerprint density at radius 2 is 1.83 bits per heavy atom. The Morgan fingerprint density at radius 1 is 1.02 bits per heavy atom. The zero-order valence-corrected chi connectivity index (χ0v) is 28.5. The van der Waals surface area contributed by atoms with E-state index in [9.17, 15) is 4.79 Å². The van der Waals surface area contributed by atoms with E-state index < -0.39 is 0 Å². The Kier molecular flexibility index (Phi) is 9.16. The maximum absolute atomic E-state index is 13.9. The molecule has 46 heavy (non-hydrogen) atoms. The summed E-state index contributed by atoms with van der Waals surface area (Å²) in [6, 6.07) is 20.9. The third-order valence-corrected chi connectivity index (χ3v) is 8.47. The van der Waals surface area contributed by atoms with Crippen molar-refractivity contribution in [2.24, 2.45) is 5.10 Å². The van der Waals surface area contributed by atoms with Gasteiger partial charge in [-0.15, -0.1) is 0 Å². The number of nitrogens with zero attached hydrogens (tertiary/aromatic N) is 3. The molecule has 0 aliphatic carbocycles. The van der Waals surface area contributed by atoms with Gasteiger partial charge in [0, 0.05) is 5.56 Å². The lowest BCUT2D eigenvalue weighted by Crippen LogP contribution is -2.21. The van der Waals surface area contributed by atoms with Crippen LogP contribution >= 0.6 is 22.6 Å². The van der Waals surface area contributed by atoms with E-state index >= 15 is 0 Å². The van der Waals surface area contributed by atoms with Gasteiger partial charge in [-0.1, -0.05) is 32.0 Å². The summed E-state index contributed by atoms with van der Waals surface area (Å²) in [5.74, 6) is 4.06. The number of hydrogen-bond donors (Lipinski definition) is 0. The van der Waals surface area contributed by atoms with Crippen molar-refractivity contribution in [2.45, 2.75) is 40.2 Å². The van der Waals surface area contributed by atoms with Gasteiger partial charge in [0.1, 0.15) is 12.4 Å². The van der Waals surface area contributed by atoms with Crippen molar-refractivity contribution in [3.05, 3.63) is 103 Å². The molecule has 10 heteroatoms. The minimum Gasteiger partial charge on any atom is -0.494 e. The number of rotatable bonds is 10. The van der Waals surface area contributed by atoms with Crippen molar-refractivity contribution in [3.8, 4) is 40.1 Å². The molecule has 5 aromatic rings. The number of para-hydroxylation sites is 1. The van der Waals surface area contributed by atoms with E-state index in [2.05, 4.69) is 42.5 Å². The monoisotopic (exact) mass is 731 g/mol. The van der Waals surface area contributed by atoms with Gasteiger partial charge in [0.05, 0.1) is 34.4 Å². The fourth-order valence-corrected chi connectivity index (χ4v) is 6.12. The van der Waals surface area contributed by atoms with E-state index in [-0.39, 0.29) is 18.3 Å². The van der Waals surface area contributed by atoms with Gasteiger partial charge < -0.3 is 23.7 Å². The molecule has 0 N–H and O–H groups in total. The average Bonchev–Trinajstić information content (AvgIpc) is 3.52. The van der Waals surface area contributed by atoms with Crippen LogP contribution in [-0.4, -0.2) is 36.4 Å². The largest absolute Gasteiger partial charge is 0.494 e. The second-order valence-corrected chi connectivity index (χ2v) is 12.3. The van der Waals surface area contributed by atoms with Crippen LogP contribution in [0, 0.1) is 10.5 Å². The molecule has 0 unspecified atom stereocenters. The topological polar surface area (TPSA) is 93.4 Å². The second-order valence-electron chi connectivity index (χ2n) is 11.1. The number of aromatic nitrogens is 2. The van der Waals surface area contributed by atoms with E-state index in [4.69, 9.17) is 33.8 Å². The average molecular weight is 732 g/mol. The van der Waals surface area contributed by atoms with E-state index in [1.165, 1.54) is 4.68 Å². The fourth-order valence-electron chi connectivity index (χ4n) is 5.34. The van der Waals surface area contributed by atoms with Crippen molar-refractivity contribution in [3.63, 3.8) is 0 Å². The molecule has 0 spiro atoms. The third-order valence-electron chi connectivity index (χ3n) is 7.67. The Labute approximate surface area is 280 Å². The van der Waals surface area contributed by atoms with E-state index in [0.717, 1.165) is 42.9 Å². The van der Waals surface area contributed by atoms with E-state index in [1.54, 1.807) is 19.4 Å². The number of aryl methyl sites for hydroxylation is 1. The van der Waals surface area contributed by atoms with Gasteiger partial charge in [-0.3, -0.25) is 4.79 Å². The summed E-state index contributed by atoms with van der Waals surface area (Å²) in [6.45, 7) is 9.30. The molecule has 0 amide bonds. The normalized spacial score (nSPS) is 12.3. The molecule has 6 rings (SSSR count). The Hall–Kier alpha value is -4.58. The molecule has 0 radical (unpaired) electrons. The van der Waals surface area contributed by atoms with Crippen molar-refractivity contribution < 1.29 is 23.7 Å². The number of halogens is 1. The fraction of sp³-hybridized carbons (Fsp3) is 0.250. The number of fused-ring (bicyclic) bond motifs is 2. The van der Waals surface area contributed by atoms with E-state index in [1.807, 2.05) is 68.4 Å². The lowest BCUT2D eigenvalue weighted by atomic mass is 9.96. The molecule has 9 nitrogen and oxygen atoms in total. The highest BCUT2D eigenvalue weighted by Crippen LogP contribution is 2.37. The van der Waals surface area contributed by atoms with Gasteiger partial charge in [0.2, 0.25) is 6.79 Å². The summed E-state index contributed by atoms with van der Waals surface area (Å²) in [5.41, 5.74) is 4.79. The summed E-state index contributed by atoms with van der Waals surface area (Å²) in [6.07, 6.45) is 1.64. The lowest BCUT2D eigenvalue weighted by molar-refractivity contribution is 0.174. The smallest absolute Gasteiger partial charge is 0.282 e. The third kappa shape index (κ3) is 6.26. The van der Waals surface area contributed by atoms with Gasteiger partial charge in [-0.05, 0) is 113 Å². The van der Waals surface area contributed by atoms with Crippen LogP contribution in [0.15, 0.2) is 76.6 Å². The summed E-state index contributed by atoms with van der Waals surface area (Å²) < 4.78 is 30.9. The zero-order chi connectivity index (χ0) is 32.4. The molecule has 0 fully saturated rings. The minimum atomic E-state index is -0.262. The molecule has 1 aliphatic heterocycles. The standard InChI is InChI=1S/C36H34IN3O6/c1-6-43-31-13-22(4)27(17-26(31)21(2)3)35-39-29-10-8-7-9-25(29)36(41)40(35)38-18-24-14-28(37)34(33(16-24)42-5)44-19-23-11-12-30-32(15-23)46-20-45-30/h7-18,21H,6,19-20H2,1-5H3. The highest BCUT2D eigenvalue weighted by Gasteiger charge is 2.19. The number of benzene rings is 4. The second kappa shape index (κ2) is 13.4. The van der Waals surface area contributed by atoms with Gasteiger partial charge >= 0.3 is 0 Å². The first-order chi connectivity index (χ1) is 22.3. The van der Waals surface area contributed by atoms with Crippen LogP contribution in [0.5, 0.6) is 28.7 Å². The van der Waals surface area contributed by atoms with Crippen LogP contribution in [0.3, 0.4) is 0 Å². The Bertz CT molecular complexity index is 2020. The lowest BCUT2D eigenvalue weighted by Gasteiger charge is -2.18. The Balaban J connectivity index is 1.38. The van der Waals surface area contributed by atoms with Gasteiger partial charge in [-0.2, -0.15) is 9.78 Å². The van der Waals surface area contributed by atoms with Crippen LogP contribution in [0.25, 0.3) is 22.3 Å². The van der Waals surface area contributed by atoms with Gasteiger partial charge in [0.25, 0.3) is 5.56 Å². The molecule has 1 aliphatic rings. The molecule has 0 atom stereocenters. The number of methoxy groups -OCH3 is 1. The first-order valence-corrected chi connectivity index (χ1v) is 16.1. The maximum atomic E-state index is 13.9. The highest BCUT2D eigenvalue weighted by molar-refractivity contribution is 14.1. The van der Waals surface area contributed by atoms with Crippen molar-refractivity contribution in [1.82, 2.24) is 9.66 Å². The molecule has 1 aromatic heterocycles. The SMILES string of the molecule is CCOc1cc(C)c(-c2nc3ccccc3c(=O)n2N=Cc2cc(I)c(OCc3ccc4c(c3)OCO4)c(OC)c2)cc1C(C)C. The molecule has 2 heterocycles.